The van der Waals surface area contributed by atoms with Crippen molar-refractivity contribution in [3.05, 3.63) is 23.6 Å². The second-order valence-electron chi connectivity index (χ2n) is 5.30. The van der Waals surface area contributed by atoms with Crippen molar-refractivity contribution in [2.75, 3.05) is 0 Å². The van der Waals surface area contributed by atoms with Crippen molar-refractivity contribution in [3.63, 3.8) is 0 Å². The molecule has 4 heteroatoms. The van der Waals surface area contributed by atoms with Gasteiger partial charge in [-0.1, -0.05) is 0 Å². The summed E-state index contributed by atoms with van der Waals surface area (Å²) in [6.45, 7) is 0.650. The lowest BCUT2D eigenvalue weighted by Crippen LogP contribution is -2.19. The molecule has 2 saturated carbocycles. The van der Waals surface area contributed by atoms with Gasteiger partial charge in [-0.25, -0.2) is 9.37 Å². The van der Waals surface area contributed by atoms with Crippen LogP contribution in [0, 0.1) is 5.82 Å². The van der Waals surface area contributed by atoms with Gasteiger partial charge in [0.05, 0.1) is 6.20 Å². The zero-order valence-corrected chi connectivity index (χ0v) is 10.5. The first-order chi connectivity index (χ1) is 8.81. The zero-order chi connectivity index (χ0) is 12.4. The van der Waals surface area contributed by atoms with Gasteiger partial charge in [-0.05, 0) is 44.6 Å². The molecular formula is C14H19FN2O. The number of hydrogen-bond donors (Lipinski definition) is 1. The van der Waals surface area contributed by atoms with Crippen molar-refractivity contribution in [1.29, 1.82) is 0 Å². The molecule has 2 fully saturated rings. The fourth-order valence-electron chi connectivity index (χ4n) is 2.41. The van der Waals surface area contributed by atoms with Crippen LogP contribution in [0.3, 0.4) is 0 Å². The van der Waals surface area contributed by atoms with E-state index in [1.54, 1.807) is 0 Å². The van der Waals surface area contributed by atoms with Crippen LogP contribution in [0.4, 0.5) is 4.39 Å². The third kappa shape index (κ3) is 2.99. The van der Waals surface area contributed by atoms with Gasteiger partial charge in [0.25, 0.3) is 0 Å². The highest BCUT2D eigenvalue weighted by Crippen LogP contribution is 2.26. The van der Waals surface area contributed by atoms with Crippen molar-refractivity contribution in [1.82, 2.24) is 10.3 Å². The summed E-state index contributed by atoms with van der Waals surface area (Å²) in [5.41, 5.74) is 0.841. The lowest BCUT2D eigenvalue weighted by atomic mass is 10.2. The fourth-order valence-corrected chi connectivity index (χ4v) is 2.41. The Labute approximate surface area is 107 Å². The SMILES string of the molecule is Fc1cnc(OC2CCCC2)c(CNC2CC2)c1. The molecule has 0 saturated heterocycles. The lowest BCUT2D eigenvalue weighted by Gasteiger charge is -2.15. The second kappa shape index (κ2) is 5.22. The third-order valence-electron chi connectivity index (χ3n) is 3.63. The molecule has 0 aromatic carbocycles. The summed E-state index contributed by atoms with van der Waals surface area (Å²) in [7, 11) is 0. The Kier molecular flexibility index (Phi) is 3.46. The van der Waals surface area contributed by atoms with Gasteiger partial charge in [-0.15, -0.1) is 0 Å². The Morgan fingerprint density at radius 3 is 2.78 bits per heavy atom. The van der Waals surface area contributed by atoms with E-state index in [1.807, 2.05) is 0 Å². The summed E-state index contributed by atoms with van der Waals surface area (Å²) in [5.74, 6) is 0.317. The van der Waals surface area contributed by atoms with Gasteiger partial charge < -0.3 is 10.1 Å². The minimum atomic E-state index is -0.290. The van der Waals surface area contributed by atoms with Gasteiger partial charge in [0.15, 0.2) is 0 Å². The maximum atomic E-state index is 13.3. The normalized spacial score (nSPS) is 20.3. The van der Waals surface area contributed by atoms with Crippen LogP contribution in [0.1, 0.15) is 44.1 Å². The molecule has 0 spiro atoms. The monoisotopic (exact) mass is 250 g/mol. The molecule has 98 valence electrons. The molecule has 0 aliphatic heterocycles. The summed E-state index contributed by atoms with van der Waals surface area (Å²) in [4.78, 5) is 4.10. The van der Waals surface area contributed by atoms with Gasteiger partial charge in [-0.2, -0.15) is 0 Å². The standard InChI is InChI=1S/C14H19FN2O/c15-11-7-10(8-16-12-5-6-12)14(17-9-11)18-13-3-1-2-4-13/h7,9,12-13,16H,1-6,8H2. The van der Waals surface area contributed by atoms with Crippen molar-refractivity contribution in [3.8, 4) is 5.88 Å². The van der Waals surface area contributed by atoms with Gasteiger partial charge >= 0.3 is 0 Å². The smallest absolute Gasteiger partial charge is 0.218 e. The first kappa shape index (κ1) is 11.9. The molecule has 0 bridgehead atoms. The highest BCUT2D eigenvalue weighted by Gasteiger charge is 2.22. The Bertz CT molecular complexity index is 414. The second-order valence-corrected chi connectivity index (χ2v) is 5.30. The van der Waals surface area contributed by atoms with Gasteiger partial charge in [-0.3, -0.25) is 0 Å². The van der Waals surface area contributed by atoms with Crippen LogP contribution in [0.2, 0.25) is 0 Å². The van der Waals surface area contributed by atoms with Crippen LogP contribution < -0.4 is 10.1 Å². The minimum Gasteiger partial charge on any atom is -0.474 e. The Morgan fingerprint density at radius 1 is 1.28 bits per heavy atom. The average molecular weight is 250 g/mol. The van der Waals surface area contributed by atoms with Crippen LogP contribution in [0.15, 0.2) is 12.3 Å². The van der Waals surface area contributed by atoms with Gasteiger partial charge in [0.1, 0.15) is 11.9 Å². The molecule has 1 aromatic heterocycles. The predicted octanol–water partition coefficient (Wildman–Crippen LogP) is 2.79. The van der Waals surface area contributed by atoms with Crippen molar-refractivity contribution in [2.45, 2.75) is 57.2 Å². The zero-order valence-electron chi connectivity index (χ0n) is 10.5. The van der Waals surface area contributed by atoms with Crippen LogP contribution >= 0.6 is 0 Å². The predicted molar refractivity (Wildman–Crippen MR) is 66.9 cm³/mol. The minimum absolute atomic E-state index is 0.266. The topological polar surface area (TPSA) is 34.1 Å². The largest absolute Gasteiger partial charge is 0.474 e. The van der Waals surface area contributed by atoms with Crippen molar-refractivity contribution < 1.29 is 9.13 Å². The summed E-state index contributed by atoms with van der Waals surface area (Å²) >= 11 is 0. The highest BCUT2D eigenvalue weighted by atomic mass is 19.1. The van der Waals surface area contributed by atoms with Gasteiger partial charge in [0.2, 0.25) is 5.88 Å². The van der Waals surface area contributed by atoms with Crippen LogP contribution in [-0.2, 0) is 6.54 Å². The van der Waals surface area contributed by atoms with Crippen molar-refractivity contribution in [2.24, 2.45) is 0 Å². The average Bonchev–Trinajstić information content (AvgIpc) is 3.06. The number of halogens is 1. The van der Waals surface area contributed by atoms with E-state index >= 15 is 0 Å². The van der Waals surface area contributed by atoms with Crippen LogP contribution in [0.5, 0.6) is 5.88 Å². The summed E-state index contributed by atoms with van der Waals surface area (Å²) in [6.07, 6.45) is 8.59. The summed E-state index contributed by atoms with van der Waals surface area (Å²) in [6, 6.07) is 2.14. The van der Waals surface area contributed by atoms with Crippen molar-refractivity contribution >= 4 is 0 Å². The Morgan fingerprint density at radius 2 is 2.06 bits per heavy atom. The molecule has 0 amide bonds. The molecule has 18 heavy (non-hydrogen) atoms. The Balaban J connectivity index is 1.69. The molecule has 1 N–H and O–H groups in total. The molecule has 0 unspecified atom stereocenters. The molecular weight excluding hydrogens is 231 g/mol. The number of ether oxygens (including phenoxy) is 1. The Hall–Kier alpha value is -1.16. The third-order valence-corrected chi connectivity index (χ3v) is 3.63. The van der Waals surface area contributed by atoms with E-state index in [1.165, 1.54) is 37.9 Å². The van der Waals surface area contributed by atoms with Crippen LogP contribution in [0.25, 0.3) is 0 Å². The highest BCUT2D eigenvalue weighted by molar-refractivity contribution is 5.26. The first-order valence-electron chi connectivity index (χ1n) is 6.86. The molecule has 3 nitrogen and oxygen atoms in total. The van der Waals surface area contributed by atoms with E-state index < -0.39 is 0 Å². The quantitative estimate of drug-likeness (QED) is 0.872. The summed E-state index contributed by atoms with van der Waals surface area (Å²) < 4.78 is 19.2. The lowest BCUT2D eigenvalue weighted by molar-refractivity contribution is 0.198. The number of pyridine rings is 1. The molecule has 1 heterocycles. The molecule has 0 atom stereocenters. The molecule has 1 aromatic rings. The number of hydrogen-bond acceptors (Lipinski definition) is 3. The number of rotatable bonds is 5. The fraction of sp³-hybridized carbons (Fsp3) is 0.643. The van der Waals surface area contributed by atoms with E-state index in [-0.39, 0.29) is 11.9 Å². The van der Waals surface area contributed by atoms with Gasteiger partial charge in [0, 0.05) is 18.2 Å². The first-order valence-corrected chi connectivity index (χ1v) is 6.86. The maximum absolute atomic E-state index is 13.3. The van der Waals surface area contributed by atoms with E-state index in [0.717, 1.165) is 18.4 Å². The number of aromatic nitrogens is 1. The summed E-state index contributed by atoms with van der Waals surface area (Å²) in [5, 5.41) is 3.38. The van der Waals surface area contributed by atoms with E-state index in [0.29, 0.717) is 18.5 Å². The molecule has 0 radical (unpaired) electrons. The van der Waals surface area contributed by atoms with Crippen LogP contribution in [-0.4, -0.2) is 17.1 Å². The maximum Gasteiger partial charge on any atom is 0.218 e. The number of nitrogens with one attached hydrogen (secondary N) is 1. The van der Waals surface area contributed by atoms with E-state index in [4.69, 9.17) is 4.74 Å². The molecule has 2 aliphatic rings. The number of nitrogens with zero attached hydrogens (tertiary/aromatic N) is 1. The molecule has 2 aliphatic carbocycles. The van der Waals surface area contributed by atoms with E-state index in [9.17, 15) is 4.39 Å². The van der Waals surface area contributed by atoms with E-state index in [2.05, 4.69) is 10.3 Å². The molecule has 3 rings (SSSR count).